The first-order valence-corrected chi connectivity index (χ1v) is 5.60. The summed E-state index contributed by atoms with van der Waals surface area (Å²) in [6.45, 7) is 3.83. The Kier molecular flexibility index (Phi) is 3.28. The minimum atomic E-state index is -0.989. The van der Waals surface area contributed by atoms with Gasteiger partial charge in [0.25, 0.3) is 0 Å². The van der Waals surface area contributed by atoms with Crippen molar-refractivity contribution in [3.8, 4) is 0 Å². The monoisotopic (exact) mass is 242 g/mol. The molecule has 0 saturated heterocycles. The molecule has 4 heteroatoms. The molecule has 4 nitrogen and oxygen atoms in total. The molecule has 2 aromatic rings. The fourth-order valence-electron chi connectivity index (χ4n) is 1.63. The number of aromatic carboxylic acids is 1. The Hall–Kier alpha value is -2.36. The predicted octanol–water partition coefficient (Wildman–Crippen LogP) is 3.14. The second-order valence-corrected chi connectivity index (χ2v) is 4.17. The van der Waals surface area contributed by atoms with Crippen LogP contribution in [0.2, 0.25) is 0 Å². The summed E-state index contributed by atoms with van der Waals surface area (Å²) < 4.78 is 0. The van der Waals surface area contributed by atoms with Gasteiger partial charge in [-0.2, -0.15) is 0 Å². The molecule has 92 valence electrons. The van der Waals surface area contributed by atoms with Crippen LogP contribution in [-0.4, -0.2) is 16.1 Å². The van der Waals surface area contributed by atoms with E-state index >= 15 is 0 Å². The molecule has 1 aromatic heterocycles. The van der Waals surface area contributed by atoms with E-state index in [1.807, 2.05) is 38.1 Å². The van der Waals surface area contributed by atoms with Gasteiger partial charge in [0.05, 0.1) is 5.69 Å². The largest absolute Gasteiger partial charge is 0.478 e. The SMILES string of the molecule is Cc1ccc(Nc2cc(C)ncc2C(=O)O)cc1. The van der Waals surface area contributed by atoms with Crippen LogP contribution in [0.4, 0.5) is 11.4 Å². The van der Waals surface area contributed by atoms with Gasteiger partial charge in [-0.05, 0) is 32.0 Å². The highest BCUT2D eigenvalue weighted by Gasteiger charge is 2.10. The molecule has 0 spiro atoms. The quantitative estimate of drug-likeness (QED) is 0.868. The Bertz CT molecular complexity index is 577. The van der Waals surface area contributed by atoms with Crippen molar-refractivity contribution >= 4 is 17.3 Å². The van der Waals surface area contributed by atoms with Gasteiger partial charge in [-0.1, -0.05) is 17.7 Å². The highest BCUT2D eigenvalue weighted by atomic mass is 16.4. The molecule has 0 aliphatic carbocycles. The van der Waals surface area contributed by atoms with Crippen LogP contribution >= 0.6 is 0 Å². The van der Waals surface area contributed by atoms with Crippen LogP contribution in [0.25, 0.3) is 0 Å². The summed E-state index contributed by atoms with van der Waals surface area (Å²) in [4.78, 5) is 15.1. The number of nitrogens with zero attached hydrogens (tertiary/aromatic N) is 1. The number of carboxylic acid groups (broad SMARTS) is 1. The smallest absolute Gasteiger partial charge is 0.339 e. The summed E-state index contributed by atoms with van der Waals surface area (Å²) in [5.74, 6) is -0.989. The molecule has 0 fully saturated rings. The minimum absolute atomic E-state index is 0.168. The van der Waals surface area contributed by atoms with E-state index in [1.54, 1.807) is 6.07 Å². The number of carboxylic acids is 1. The van der Waals surface area contributed by atoms with E-state index in [2.05, 4.69) is 10.3 Å². The van der Waals surface area contributed by atoms with Crippen LogP contribution in [-0.2, 0) is 0 Å². The molecule has 18 heavy (non-hydrogen) atoms. The Morgan fingerprint density at radius 3 is 2.50 bits per heavy atom. The number of hydrogen-bond donors (Lipinski definition) is 2. The van der Waals surface area contributed by atoms with E-state index in [0.29, 0.717) is 5.69 Å². The van der Waals surface area contributed by atoms with Crippen LogP contribution in [0.15, 0.2) is 36.5 Å². The van der Waals surface area contributed by atoms with Crippen LogP contribution in [0.3, 0.4) is 0 Å². The van der Waals surface area contributed by atoms with Gasteiger partial charge < -0.3 is 10.4 Å². The number of benzene rings is 1. The minimum Gasteiger partial charge on any atom is -0.478 e. The third kappa shape index (κ3) is 2.66. The molecule has 1 aromatic carbocycles. The second kappa shape index (κ2) is 4.87. The summed E-state index contributed by atoms with van der Waals surface area (Å²) in [7, 11) is 0. The number of hydrogen-bond acceptors (Lipinski definition) is 3. The molecule has 0 amide bonds. The van der Waals surface area contributed by atoms with Crippen molar-refractivity contribution in [2.75, 3.05) is 5.32 Å². The summed E-state index contributed by atoms with van der Waals surface area (Å²) >= 11 is 0. The Morgan fingerprint density at radius 1 is 1.22 bits per heavy atom. The van der Waals surface area contributed by atoms with Gasteiger partial charge >= 0.3 is 5.97 Å². The number of nitrogens with one attached hydrogen (secondary N) is 1. The van der Waals surface area contributed by atoms with Gasteiger partial charge in [-0.15, -0.1) is 0 Å². The van der Waals surface area contributed by atoms with E-state index in [4.69, 9.17) is 5.11 Å². The molecular weight excluding hydrogens is 228 g/mol. The molecule has 0 saturated carbocycles. The number of carbonyl (C=O) groups is 1. The highest BCUT2D eigenvalue weighted by Crippen LogP contribution is 2.21. The van der Waals surface area contributed by atoms with Gasteiger partial charge in [0, 0.05) is 17.6 Å². The topological polar surface area (TPSA) is 62.2 Å². The zero-order valence-corrected chi connectivity index (χ0v) is 10.3. The lowest BCUT2D eigenvalue weighted by Crippen LogP contribution is -2.04. The van der Waals surface area contributed by atoms with Crippen molar-refractivity contribution in [3.63, 3.8) is 0 Å². The molecule has 0 atom stereocenters. The lowest BCUT2D eigenvalue weighted by atomic mass is 10.2. The fourth-order valence-corrected chi connectivity index (χ4v) is 1.63. The Morgan fingerprint density at radius 2 is 1.89 bits per heavy atom. The van der Waals surface area contributed by atoms with E-state index in [9.17, 15) is 4.79 Å². The normalized spacial score (nSPS) is 10.1. The first-order valence-electron chi connectivity index (χ1n) is 5.60. The summed E-state index contributed by atoms with van der Waals surface area (Å²) in [5.41, 5.74) is 3.51. The molecule has 0 radical (unpaired) electrons. The average molecular weight is 242 g/mol. The van der Waals surface area contributed by atoms with Gasteiger partial charge in [-0.3, -0.25) is 4.98 Å². The predicted molar refractivity (Wildman–Crippen MR) is 70.4 cm³/mol. The van der Waals surface area contributed by atoms with Crippen molar-refractivity contribution in [3.05, 3.63) is 53.3 Å². The number of aromatic nitrogens is 1. The Labute approximate surface area is 105 Å². The van der Waals surface area contributed by atoms with Crippen molar-refractivity contribution in [2.45, 2.75) is 13.8 Å². The van der Waals surface area contributed by atoms with Crippen molar-refractivity contribution in [2.24, 2.45) is 0 Å². The Balaban J connectivity index is 2.35. The van der Waals surface area contributed by atoms with Crippen LogP contribution < -0.4 is 5.32 Å². The van der Waals surface area contributed by atoms with E-state index in [0.717, 1.165) is 16.9 Å². The molecule has 0 bridgehead atoms. The maximum absolute atomic E-state index is 11.1. The fraction of sp³-hybridized carbons (Fsp3) is 0.143. The van der Waals surface area contributed by atoms with E-state index in [1.165, 1.54) is 6.20 Å². The number of rotatable bonds is 3. The molecule has 2 rings (SSSR count). The van der Waals surface area contributed by atoms with Crippen molar-refractivity contribution < 1.29 is 9.90 Å². The molecule has 0 unspecified atom stereocenters. The third-order valence-corrected chi connectivity index (χ3v) is 2.60. The standard InChI is InChI=1S/C14H14N2O2/c1-9-3-5-11(6-4-9)16-13-7-10(2)15-8-12(13)14(17)18/h3-8H,1-2H3,(H,15,16)(H,17,18). The zero-order valence-electron chi connectivity index (χ0n) is 10.3. The summed E-state index contributed by atoms with van der Waals surface area (Å²) in [6.07, 6.45) is 1.37. The maximum atomic E-state index is 11.1. The van der Waals surface area contributed by atoms with Gasteiger partial charge in [0.15, 0.2) is 0 Å². The molecular formula is C14H14N2O2. The average Bonchev–Trinajstić information content (AvgIpc) is 2.32. The van der Waals surface area contributed by atoms with Crippen molar-refractivity contribution in [1.82, 2.24) is 4.98 Å². The zero-order chi connectivity index (χ0) is 13.1. The lowest BCUT2D eigenvalue weighted by molar-refractivity contribution is 0.0697. The first kappa shape index (κ1) is 12.1. The van der Waals surface area contributed by atoms with Crippen LogP contribution in [0, 0.1) is 13.8 Å². The molecule has 1 heterocycles. The number of anilines is 2. The molecule has 2 N–H and O–H groups in total. The molecule has 0 aliphatic heterocycles. The van der Waals surface area contributed by atoms with Crippen LogP contribution in [0.1, 0.15) is 21.6 Å². The van der Waals surface area contributed by atoms with Gasteiger partial charge in [0.2, 0.25) is 0 Å². The third-order valence-electron chi connectivity index (χ3n) is 2.60. The molecule has 0 aliphatic rings. The summed E-state index contributed by atoms with van der Waals surface area (Å²) in [5, 5.41) is 12.2. The lowest BCUT2D eigenvalue weighted by Gasteiger charge is -2.10. The number of aryl methyl sites for hydroxylation is 2. The summed E-state index contributed by atoms with van der Waals surface area (Å²) in [6, 6.07) is 9.49. The van der Waals surface area contributed by atoms with E-state index in [-0.39, 0.29) is 5.56 Å². The van der Waals surface area contributed by atoms with Crippen LogP contribution in [0.5, 0.6) is 0 Å². The first-order chi connectivity index (χ1) is 8.56. The van der Waals surface area contributed by atoms with Gasteiger partial charge in [-0.25, -0.2) is 4.79 Å². The van der Waals surface area contributed by atoms with Crippen molar-refractivity contribution in [1.29, 1.82) is 0 Å². The maximum Gasteiger partial charge on any atom is 0.339 e. The van der Waals surface area contributed by atoms with Gasteiger partial charge in [0.1, 0.15) is 5.56 Å². The second-order valence-electron chi connectivity index (χ2n) is 4.17. The van der Waals surface area contributed by atoms with E-state index < -0.39 is 5.97 Å². The number of pyridine rings is 1. The highest BCUT2D eigenvalue weighted by molar-refractivity contribution is 5.94.